The van der Waals surface area contributed by atoms with E-state index in [1.807, 2.05) is 36.9 Å². The van der Waals surface area contributed by atoms with Crippen LogP contribution in [0.3, 0.4) is 0 Å². The number of carbonyl (C=O) groups excluding carboxylic acids is 1. The molecule has 5 heteroatoms. The number of benzene rings is 2. The van der Waals surface area contributed by atoms with E-state index in [9.17, 15) is 4.79 Å². The van der Waals surface area contributed by atoms with Crippen molar-refractivity contribution in [3.63, 3.8) is 0 Å². The Labute approximate surface area is 182 Å². The van der Waals surface area contributed by atoms with Gasteiger partial charge in [-0.2, -0.15) is 0 Å². The molecule has 3 aromatic rings. The molecule has 4 rings (SSSR count). The Bertz CT molecular complexity index is 1070. The highest BCUT2D eigenvalue weighted by Gasteiger charge is 2.33. The van der Waals surface area contributed by atoms with Crippen molar-refractivity contribution in [2.75, 3.05) is 4.90 Å². The van der Waals surface area contributed by atoms with Crippen molar-refractivity contribution in [3.05, 3.63) is 63.5 Å². The van der Waals surface area contributed by atoms with Crippen LogP contribution >= 0.6 is 11.3 Å². The van der Waals surface area contributed by atoms with Crippen LogP contribution in [0.2, 0.25) is 0 Å². The van der Waals surface area contributed by atoms with Gasteiger partial charge in [0.2, 0.25) is 0 Å². The SMILES string of the molecule is CCC1Oc2ccc(-c3nc(C)sc3C)cc2N(Cc2ccc(C(C)C)cc2)C1=O. The van der Waals surface area contributed by atoms with Crippen LogP contribution in [-0.4, -0.2) is 17.0 Å². The lowest BCUT2D eigenvalue weighted by atomic mass is 10.0. The molecule has 30 heavy (non-hydrogen) atoms. The maximum Gasteiger partial charge on any atom is 0.268 e. The Balaban J connectivity index is 1.73. The van der Waals surface area contributed by atoms with E-state index in [1.165, 1.54) is 10.4 Å². The molecule has 1 amide bonds. The molecule has 1 aliphatic heterocycles. The van der Waals surface area contributed by atoms with Gasteiger partial charge in [-0.05, 0) is 55.5 Å². The zero-order valence-electron chi connectivity index (χ0n) is 18.2. The molecule has 2 heterocycles. The third-order valence-corrected chi connectivity index (χ3v) is 6.48. The van der Waals surface area contributed by atoms with Gasteiger partial charge in [0, 0.05) is 10.4 Å². The minimum Gasteiger partial charge on any atom is -0.478 e. The van der Waals surface area contributed by atoms with Crippen molar-refractivity contribution in [2.24, 2.45) is 0 Å². The van der Waals surface area contributed by atoms with Crippen molar-refractivity contribution in [1.82, 2.24) is 4.98 Å². The average Bonchev–Trinajstić information content (AvgIpc) is 3.07. The van der Waals surface area contributed by atoms with Crippen LogP contribution < -0.4 is 9.64 Å². The monoisotopic (exact) mass is 420 g/mol. The summed E-state index contributed by atoms with van der Waals surface area (Å²) in [4.78, 5) is 20.9. The second-order valence-corrected chi connectivity index (χ2v) is 9.56. The molecule has 0 aliphatic carbocycles. The van der Waals surface area contributed by atoms with Crippen LogP contribution in [0.15, 0.2) is 42.5 Å². The zero-order valence-corrected chi connectivity index (χ0v) is 19.0. The van der Waals surface area contributed by atoms with Gasteiger partial charge in [-0.1, -0.05) is 45.0 Å². The van der Waals surface area contributed by atoms with E-state index in [0.717, 1.165) is 33.3 Å². The van der Waals surface area contributed by atoms with Gasteiger partial charge in [-0.3, -0.25) is 4.79 Å². The number of anilines is 1. The van der Waals surface area contributed by atoms with E-state index in [1.54, 1.807) is 11.3 Å². The van der Waals surface area contributed by atoms with Gasteiger partial charge in [0.25, 0.3) is 5.91 Å². The summed E-state index contributed by atoms with van der Waals surface area (Å²) in [7, 11) is 0. The first-order valence-corrected chi connectivity index (χ1v) is 11.3. The Morgan fingerprint density at radius 1 is 1.13 bits per heavy atom. The predicted molar refractivity (Wildman–Crippen MR) is 123 cm³/mol. The van der Waals surface area contributed by atoms with Gasteiger partial charge in [0.1, 0.15) is 5.75 Å². The number of nitrogens with zero attached hydrogens (tertiary/aromatic N) is 2. The summed E-state index contributed by atoms with van der Waals surface area (Å²) in [6, 6.07) is 14.6. The third-order valence-electron chi connectivity index (χ3n) is 5.60. The average molecular weight is 421 g/mol. The first kappa shape index (κ1) is 20.6. The standard InChI is InChI=1S/C25H28N2O2S/c1-6-22-25(28)27(14-18-7-9-19(10-8-18)15(2)3)21-13-20(11-12-23(21)29-22)24-16(4)30-17(5)26-24/h7-13,15,22H,6,14H2,1-5H3. The number of aromatic nitrogens is 1. The summed E-state index contributed by atoms with van der Waals surface area (Å²) in [5.74, 6) is 1.26. The second kappa shape index (κ2) is 8.23. The topological polar surface area (TPSA) is 42.4 Å². The Hall–Kier alpha value is -2.66. The van der Waals surface area contributed by atoms with Crippen molar-refractivity contribution in [1.29, 1.82) is 0 Å². The maximum atomic E-state index is 13.2. The van der Waals surface area contributed by atoms with Crippen molar-refractivity contribution >= 4 is 22.9 Å². The third kappa shape index (κ3) is 3.86. The van der Waals surface area contributed by atoms with Gasteiger partial charge in [0.15, 0.2) is 6.10 Å². The molecule has 4 nitrogen and oxygen atoms in total. The van der Waals surface area contributed by atoms with E-state index < -0.39 is 6.10 Å². The lowest BCUT2D eigenvalue weighted by Gasteiger charge is -2.34. The Morgan fingerprint density at radius 2 is 1.87 bits per heavy atom. The molecule has 0 bridgehead atoms. The summed E-state index contributed by atoms with van der Waals surface area (Å²) in [5, 5.41) is 1.04. The van der Waals surface area contributed by atoms with Crippen LogP contribution in [0, 0.1) is 13.8 Å². The normalized spacial score (nSPS) is 16.0. The smallest absolute Gasteiger partial charge is 0.268 e. The highest BCUT2D eigenvalue weighted by atomic mass is 32.1. The van der Waals surface area contributed by atoms with Crippen molar-refractivity contribution < 1.29 is 9.53 Å². The Kier molecular flexibility index (Phi) is 5.65. The Morgan fingerprint density at radius 3 is 2.47 bits per heavy atom. The molecule has 2 aromatic carbocycles. The molecular weight excluding hydrogens is 392 g/mol. The molecule has 1 aliphatic rings. The molecule has 1 aromatic heterocycles. The van der Waals surface area contributed by atoms with Crippen LogP contribution in [0.1, 0.15) is 54.1 Å². The van der Waals surface area contributed by atoms with Gasteiger partial charge >= 0.3 is 0 Å². The van der Waals surface area contributed by atoms with E-state index in [-0.39, 0.29) is 5.91 Å². The van der Waals surface area contributed by atoms with E-state index >= 15 is 0 Å². The molecule has 156 valence electrons. The number of fused-ring (bicyclic) bond motifs is 1. The van der Waals surface area contributed by atoms with Gasteiger partial charge in [0.05, 0.1) is 22.9 Å². The number of aryl methyl sites for hydroxylation is 2. The fourth-order valence-corrected chi connectivity index (χ4v) is 4.72. The zero-order chi connectivity index (χ0) is 21.4. The highest BCUT2D eigenvalue weighted by molar-refractivity contribution is 7.11. The van der Waals surface area contributed by atoms with E-state index in [4.69, 9.17) is 4.74 Å². The fraction of sp³-hybridized carbons (Fsp3) is 0.360. The number of thiazole rings is 1. The highest BCUT2D eigenvalue weighted by Crippen LogP contribution is 2.40. The molecule has 0 saturated carbocycles. The summed E-state index contributed by atoms with van der Waals surface area (Å²) in [6.45, 7) is 11.0. The number of rotatable bonds is 5. The molecule has 0 fully saturated rings. The van der Waals surface area contributed by atoms with Crippen molar-refractivity contribution in [3.8, 4) is 17.0 Å². The number of hydrogen-bond donors (Lipinski definition) is 0. The molecule has 0 saturated heterocycles. The van der Waals surface area contributed by atoms with E-state index in [0.29, 0.717) is 18.9 Å². The van der Waals surface area contributed by atoms with Crippen LogP contribution in [0.25, 0.3) is 11.3 Å². The van der Waals surface area contributed by atoms with Crippen molar-refractivity contribution in [2.45, 2.75) is 59.6 Å². The molecule has 1 unspecified atom stereocenters. The molecule has 1 atom stereocenters. The maximum absolute atomic E-state index is 13.2. The number of amides is 1. The van der Waals surface area contributed by atoms with E-state index in [2.05, 4.69) is 50.0 Å². The lowest BCUT2D eigenvalue weighted by Crippen LogP contribution is -2.45. The first-order valence-electron chi connectivity index (χ1n) is 10.5. The minimum absolute atomic E-state index is 0.0151. The van der Waals surface area contributed by atoms with Crippen LogP contribution in [-0.2, 0) is 11.3 Å². The molecule has 0 spiro atoms. The molecule has 0 radical (unpaired) electrons. The summed E-state index contributed by atoms with van der Waals surface area (Å²) < 4.78 is 6.03. The van der Waals surface area contributed by atoms with Gasteiger partial charge in [-0.25, -0.2) is 4.98 Å². The van der Waals surface area contributed by atoms with Gasteiger partial charge < -0.3 is 9.64 Å². The fourth-order valence-electron chi connectivity index (χ4n) is 3.88. The predicted octanol–water partition coefficient (Wildman–Crippen LogP) is 6.25. The lowest BCUT2D eigenvalue weighted by molar-refractivity contribution is -0.126. The van der Waals surface area contributed by atoms with Crippen LogP contribution in [0.5, 0.6) is 5.75 Å². The van der Waals surface area contributed by atoms with Crippen LogP contribution in [0.4, 0.5) is 5.69 Å². The summed E-state index contributed by atoms with van der Waals surface area (Å²) in [5.41, 5.74) is 5.23. The molecular formula is C25H28N2O2S. The summed E-state index contributed by atoms with van der Waals surface area (Å²) >= 11 is 1.69. The largest absolute Gasteiger partial charge is 0.478 e. The number of carbonyl (C=O) groups is 1. The minimum atomic E-state index is -0.443. The number of hydrogen-bond acceptors (Lipinski definition) is 4. The number of ether oxygens (including phenoxy) is 1. The first-order chi connectivity index (χ1) is 14.4. The molecule has 0 N–H and O–H groups in total. The van der Waals surface area contributed by atoms with Gasteiger partial charge in [-0.15, -0.1) is 11.3 Å². The summed E-state index contributed by atoms with van der Waals surface area (Å²) in [6.07, 6.45) is 0.203. The quantitative estimate of drug-likeness (QED) is 0.490. The second-order valence-electron chi connectivity index (χ2n) is 8.16.